The molecule has 1 aliphatic rings. The molecular weight excluding hydrogens is 426 g/mol. The van der Waals surface area contributed by atoms with Crippen LogP contribution in [0.1, 0.15) is 33.1 Å². The first kappa shape index (κ1) is 22.6. The average molecular weight is 450 g/mol. The first-order chi connectivity index (χ1) is 15.9. The van der Waals surface area contributed by atoms with Crippen molar-refractivity contribution >= 4 is 11.9 Å². The normalized spacial score (nSPS) is 14.5. The van der Waals surface area contributed by atoms with Crippen molar-refractivity contribution in [1.29, 1.82) is 0 Å². The monoisotopic (exact) mass is 450 g/mol. The zero-order chi connectivity index (χ0) is 23.4. The van der Waals surface area contributed by atoms with Crippen molar-refractivity contribution in [2.75, 3.05) is 26.2 Å². The Morgan fingerprint density at radius 3 is 1.82 bits per heavy atom. The summed E-state index contributed by atoms with van der Waals surface area (Å²) in [6, 6.07) is 19.1. The maximum atomic E-state index is 13.5. The van der Waals surface area contributed by atoms with Crippen molar-refractivity contribution in [3.05, 3.63) is 107 Å². The van der Waals surface area contributed by atoms with Gasteiger partial charge in [0.15, 0.2) is 0 Å². The molecule has 4 rings (SSSR count). The lowest BCUT2D eigenvalue weighted by atomic mass is 9.96. The van der Waals surface area contributed by atoms with Crippen molar-refractivity contribution in [1.82, 2.24) is 9.80 Å². The van der Waals surface area contributed by atoms with Gasteiger partial charge in [-0.3, -0.25) is 14.5 Å². The summed E-state index contributed by atoms with van der Waals surface area (Å²) in [6.07, 6.45) is -0.209. The smallest absolute Gasteiger partial charge is 0.307 e. The van der Waals surface area contributed by atoms with Crippen LogP contribution in [0.5, 0.6) is 0 Å². The fraction of sp³-hybridized carbons (Fsp3) is 0.231. The predicted molar refractivity (Wildman–Crippen MR) is 120 cm³/mol. The second kappa shape index (κ2) is 9.92. The lowest BCUT2D eigenvalue weighted by Gasteiger charge is -2.40. The van der Waals surface area contributed by atoms with Crippen LogP contribution in [0.15, 0.2) is 72.8 Å². The number of piperazine rings is 1. The second-order valence-corrected chi connectivity index (χ2v) is 8.06. The Bertz CT molecular complexity index is 1080. The van der Waals surface area contributed by atoms with Crippen LogP contribution in [0.3, 0.4) is 0 Å². The highest BCUT2D eigenvalue weighted by Gasteiger charge is 2.29. The van der Waals surface area contributed by atoms with Gasteiger partial charge in [-0.05, 0) is 47.0 Å². The predicted octanol–water partition coefficient (Wildman–Crippen LogP) is 4.14. The van der Waals surface area contributed by atoms with E-state index in [1.807, 2.05) is 0 Å². The van der Waals surface area contributed by atoms with Crippen LogP contribution in [0.25, 0.3) is 0 Å². The molecule has 0 aromatic heterocycles. The van der Waals surface area contributed by atoms with Gasteiger partial charge in [0.25, 0.3) is 5.91 Å². The maximum Gasteiger partial charge on any atom is 0.307 e. The van der Waals surface area contributed by atoms with Crippen LogP contribution in [-0.4, -0.2) is 53.0 Å². The van der Waals surface area contributed by atoms with Crippen molar-refractivity contribution < 1.29 is 23.5 Å². The first-order valence-electron chi connectivity index (χ1n) is 10.8. The third kappa shape index (κ3) is 5.26. The number of hydrogen-bond donors (Lipinski definition) is 1. The highest BCUT2D eigenvalue weighted by atomic mass is 19.1. The third-order valence-electron chi connectivity index (χ3n) is 5.93. The molecule has 170 valence electrons. The molecule has 0 radical (unpaired) electrons. The summed E-state index contributed by atoms with van der Waals surface area (Å²) in [6.45, 7) is 2.04. The van der Waals surface area contributed by atoms with E-state index >= 15 is 0 Å². The van der Waals surface area contributed by atoms with Gasteiger partial charge in [-0.1, -0.05) is 42.5 Å². The minimum absolute atomic E-state index is 0.188. The van der Waals surface area contributed by atoms with Crippen molar-refractivity contribution in [3.8, 4) is 0 Å². The number of carbonyl (C=O) groups excluding carboxylic acids is 1. The van der Waals surface area contributed by atoms with Crippen molar-refractivity contribution in [2.45, 2.75) is 12.5 Å². The summed E-state index contributed by atoms with van der Waals surface area (Å²) >= 11 is 0. The fourth-order valence-corrected chi connectivity index (χ4v) is 4.30. The Labute approximate surface area is 190 Å². The highest BCUT2D eigenvalue weighted by Crippen LogP contribution is 2.30. The van der Waals surface area contributed by atoms with Crippen LogP contribution in [-0.2, 0) is 11.2 Å². The molecule has 1 amide bonds. The van der Waals surface area contributed by atoms with E-state index < -0.39 is 5.97 Å². The van der Waals surface area contributed by atoms with Gasteiger partial charge < -0.3 is 10.0 Å². The number of rotatable bonds is 6. The van der Waals surface area contributed by atoms with Gasteiger partial charge in [0.05, 0.1) is 12.5 Å². The molecule has 1 saturated heterocycles. The topological polar surface area (TPSA) is 60.9 Å². The summed E-state index contributed by atoms with van der Waals surface area (Å²) in [5.41, 5.74) is 2.67. The van der Waals surface area contributed by atoms with E-state index in [9.17, 15) is 18.4 Å². The standard InChI is InChI=1S/C26H24F2N2O3/c27-21-9-5-18(6-10-21)25(19-7-11-22(28)12-8-19)29-13-15-30(16-14-29)26(33)23-4-2-1-3-20(23)17-24(31)32/h1-12,25H,13-17H2,(H,31,32). The van der Waals surface area contributed by atoms with E-state index in [1.165, 1.54) is 24.3 Å². The third-order valence-corrected chi connectivity index (χ3v) is 5.93. The van der Waals surface area contributed by atoms with Gasteiger partial charge in [0, 0.05) is 31.7 Å². The minimum Gasteiger partial charge on any atom is -0.481 e. The zero-order valence-corrected chi connectivity index (χ0v) is 18.0. The van der Waals surface area contributed by atoms with Gasteiger partial charge in [-0.2, -0.15) is 0 Å². The molecule has 3 aromatic rings. The first-order valence-corrected chi connectivity index (χ1v) is 10.8. The fourth-order valence-electron chi connectivity index (χ4n) is 4.30. The molecule has 5 nitrogen and oxygen atoms in total. The van der Waals surface area contributed by atoms with Gasteiger partial charge >= 0.3 is 5.97 Å². The van der Waals surface area contributed by atoms with Gasteiger partial charge in [0.2, 0.25) is 0 Å². The largest absolute Gasteiger partial charge is 0.481 e. The number of nitrogens with zero attached hydrogens (tertiary/aromatic N) is 2. The SMILES string of the molecule is O=C(O)Cc1ccccc1C(=O)N1CCN(C(c2ccc(F)cc2)c2ccc(F)cc2)CC1. The molecule has 1 fully saturated rings. The number of halogens is 2. The molecule has 0 aliphatic carbocycles. The van der Waals surface area contributed by atoms with Crippen molar-refractivity contribution in [3.63, 3.8) is 0 Å². The molecular formula is C26H24F2N2O3. The van der Waals surface area contributed by atoms with E-state index in [0.29, 0.717) is 37.3 Å². The lowest BCUT2D eigenvalue weighted by molar-refractivity contribution is -0.136. The maximum absolute atomic E-state index is 13.5. The molecule has 0 atom stereocenters. The second-order valence-electron chi connectivity index (χ2n) is 8.06. The number of amides is 1. The Hall–Kier alpha value is -3.58. The quantitative estimate of drug-likeness (QED) is 0.613. The molecule has 0 saturated carbocycles. The number of carboxylic acids is 1. The number of aliphatic carboxylic acids is 1. The summed E-state index contributed by atoms with van der Waals surface area (Å²) < 4.78 is 27.0. The zero-order valence-electron chi connectivity index (χ0n) is 18.0. The van der Waals surface area contributed by atoms with E-state index in [0.717, 1.165) is 11.1 Å². The highest BCUT2D eigenvalue weighted by molar-refractivity contribution is 5.96. The number of benzene rings is 3. The molecule has 1 heterocycles. The number of hydrogen-bond acceptors (Lipinski definition) is 3. The van der Waals surface area contributed by atoms with E-state index in [2.05, 4.69) is 4.90 Å². The Kier molecular flexibility index (Phi) is 6.79. The molecule has 1 N–H and O–H groups in total. The van der Waals surface area contributed by atoms with Crippen LogP contribution in [0.4, 0.5) is 8.78 Å². The number of carboxylic acid groups (broad SMARTS) is 1. The average Bonchev–Trinajstić information content (AvgIpc) is 2.82. The van der Waals surface area contributed by atoms with Gasteiger partial charge in [-0.25, -0.2) is 8.78 Å². The van der Waals surface area contributed by atoms with Crippen LogP contribution in [0, 0.1) is 11.6 Å². The molecule has 33 heavy (non-hydrogen) atoms. The molecule has 0 bridgehead atoms. The lowest BCUT2D eigenvalue weighted by Crippen LogP contribution is -2.50. The van der Waals surface area contributed by atoms with Gasteiger partial charge in [-0.15, -0.1) is 0 Å². The van der Waals surface area contributed by atoms with Gasteiger partial charge in [0.1, 0.15) is 11.6 Å². The van der Waals surface area contributed by atoms with E-state index in [1.54, 1.807) is 53.4 Å². The molecule has 1 aliphatic heterocycles. The Balaban J connectivity index is 1.53. The van der Waals surface area contributed by atoms with Crippen LogP contribution >= 0.6 is 0 Å². The Morgan fingerprint density at radius 2 is 1.30 bits per heavy atom. The summed E-state index contributed by atoms with van der Waals surface area (Å²) in [5.74, 6) is -1.83. The molecule has 7 heteroatoms. The van der Waals surface area contributed by atoms with Crippen LogP contribution < -0.4 is 0 Å². The minimum atomic E-state index is -0.985. The molecule has 0 spiro atoms. The van der Waals surface area contributed by atoms with Crippen molar-refractivity contribution in [2.24, 2.45) is 0 Å². The van der Waals surface area contributed by atoms with Crippen LogP contribution in [0.2, 0.25) is 0 Å². The summed E-state index contributed by atoms with van der Waals surface area (Å²) in [5, 5.41) is 9.15. The molecule has 0 unspecified atom stereocenters. The number of carbonyl (C=O) groups is 2. The molecule has 3 aromatic carbocycles. The summed E-state index contributed by atoms with van der Waals surface area (Å²) in [7, 11) is 0. The summed E-state index contributed by atoms with van der Waals surface area (Å²) in [4.78, 5) is 28.2. The van der Waals surface area contributed by atoms with E-state index in [-0.39, 0.29) is 30.0 Å². The Morgan fingerprint density at radius 1 is 0.788 bits per heavy atom. The van der Waals surface area contributed by atoms with E-state index in [4.69, 9.17) is 5.11 Å².